The molecule has 1 aliphatic heterocycles. The predicted octanol–water partition coefficient (Wildman–Crippen LogP) is 2.89. The third-order valence-electron chi connectivity index (χ3n) is 4.38. The smallest absolute Gasteiger partial charge is 0.227 e. The molecule has 1 aliphatic rings. The molecule has 2 amide bonds. The van der Waals surface area contributed by atoms with Crippen molar-refractivity contribution in [3.05, 3.63) is 29.3 Å². The Hall–Kier alpha value is -1.84. The number of hydrogen-bond donors (Lipinski definition) is 1. The van der Waals surface area contributed by atoms with Crippen molar-refractivity contribution >= 4 is 17.5 Å². The Kier molecular flexibility index (Phi) is 4.99. The van der Waals surface area contributed by atoms with Crippen LogP contribution in [0.4, 0.5) is 5.69 Å². The molecule has 1 N–H and O–H groups in total. The van der Waals surface area contributed by atoms with Crippen molar-refractivity contribution in [2.24, 2.45) is 5.92 Å². The van der Waals surface area contributed by atoms with Gasteiger partial charge in [0.05, 0.1) is 0 Å². The van der Waals surface area contributed by atoms with E-state index >= 15 is 0 Å². The maximum atomic E-state index is 12.4. The van der Waals surface area contributed by atoms with E-state index in [9.17, 15) is 9.59 Å². The highest BCUT2D eigenvalue weighted by molar-refractivity contribution is 5.93. The fraction of sp³-hybridized carbons (Fsp3) is 0.529. The first kappa shape index (κ1) is 15.5. The van der Waals surface area contributed by atoms with Crippen molar-refractivity contribution in [3.8, 4) is 0 Å². The van der Waals surface area contributed by atoms with Gasteiger partial charge in [-0.15, -0.1) is 0 Å². The second-order valence-corrected chi connectivity index (χ2v) is 5.75. The molecule has 2 rings (SSSR count). The summed E-state index contributed by atoms with van der Waals surface area (Å²) in [4.78, 5) is 25.9. The highest BCUT2D eigenvalue weighted by Crippen LogP contribution is 2.22. The summed E-state index contributed by atoms with van der Waals surface area (Å²) in [5, 5.41) is 3.04. The molecule has 0 atom stereocenters. The number of rotatable bonds is 3. The predicted molar refractivity (Wildman–Crippen MR) is 84.1 cm³/mol. The highest BCUT2D eigenvalue weighted by Gasteiger charge is 2.26. The molecule has 0 bridgehead atoms. The SMILES string of the molecule is CCC(=O)N1CCC(C(=O)Nc2cccc(C)c2C)CC1. The van der Waals surface area contributed by atoms with E-state index < -0.39 is 0 Å². The molecule has 0 aliphatic carbocycles. The van der Waals surface area contributed by atoms with E-state index in [1.807, 2.05) is 43.9 Å². The van der Waals surface area contributed by atoms with E-state index in [-0.39, 0.29) is 17.7 Å². The van der Waals surface area contributed by atoms with Crippen LogP contribution in [0.1, 0.15) is 37.3 Å². The molecule has 0 unspecified atom stereocenters. The van der Waals surface area contributed by atoms with Crippen LogP contribution in [0.15, 0.2) is 18.2 Å². The summed E-state index contributed by atoms with van der Waals surface area (Å²) in [5.74, 6) is 0.265. The number of carbonyl (C=O) groups is 2. The molecule has 0 aromatic heterocycles. The zero-order valence-corrected chi connectivity index (χ0v) is 13.1. The first-order valence-corrected chi connectivity index (χ1v) is 7.67. The fourth-order valence-corrected chi connectivity index (χ4v) is 2.74. The minimum atomic E-state index is 0.00539. The number of likely N-dealkylation sites (tertiary alicyclic amines) is 1. The Labute approximate surface area is 126 Å². The molecule has 114 valence electrons. The summed E-state index contributed by atoms with van der Waals surface area (Å²) >= 11 is 0. The molecule has 1 fully saturated rings. The Balaban J connectivity index is 1.93. The van der Waals surface area contributed by atoms with Crippen LogP contribution in [0.2, 0.25) is 0 Å². The van der Waals surface area contributed by atoms with Gasteiger partial charge in [0.25, 0.3) is 0 Å². The maximum absolute atomic E-state index is 12.4. The maximum Gasteiger partial charge on any atom is 0.227 e. The number of carbonyl (C=O) groups excluding carboxylic acids is 2. The molecule has 1 heterocycles. The lowest BCUT2D eigenvalue weighted by molar-refractivity contribution is -0.134. The Morgan fingerprint density at radius 3 is 2.52 bits per heavy atom. The van der Waals surface area contributed by atoms with Crippen LogP contribution in [-0.2, 0) is 9.59 Å². The van der Waals surface area contributed by atoms with Gasteiger partial charge in [0.1, 0.15) is 0 Å². The lowest BCUT2D eigenvalue weighted by Gasteiger charge is -2.31. The lowest BCUT2D eigenvalue weighted by Crippen LogP contribution is -2.41. The van der Waals surface area contributed by atoms with Gasteiger partial charge in [-0.05, 0) is 43.9 Å². The van der Waals surface area contributed by atoms with Crippen molar-refractivity contribution in [3.63, 3.8) is 0 Å². The van der Waals surface area contributed by atoms with Gasteiger partial charge in [0, 0.05) is 31.1 Å². The van der Waals surface area contributed by atoms with Crippen molar-refractivity contribution in [1.29, 1.82) is 0 Å². The Morgan fingerprint density at radius 2 is 1.90 bits per heavy atom. The first-order chi connectivity index (χ1) is 10.0. The van der Waals surface area contributed by atoms with Crippen molar-refractivity contribution in [1.82, 2.24) is 4.90 Å². The van der Waals surface area contributed by atoms with Gasteiger partial charge in [0.15, 0.2) is 0 Å². The quantitative estimate of drug-likeness (QED) is 0.929. The second kappa shape index (κ2) is 6.74. The summed E-state index contributed by atoms with van der Waals surface area (Å²) in [6.45, 7) is 7.32. The lowest BCUT2D eigenvalue weighted by atomic mass is 9.95. The number of benzene rings is 1. The van der Waals surface area contributed by atoms with Gasteiger partial charge in [0.2, 0.25) is 11.8 Å². The van der Waals surface area contributed by atoms with Crippen LogP contribution in [0.25, 0.3) is 0 Å². The van der Waals surface area contributed by atoms with Gasteiger partial charge in [-0.3, -0.25) is 9.59 Å². The van der Waals surface area contributed by atoms with Crippen LogP contribution in [0, 0.1) is 19.8 Å². The Morgan fingerprint density at radius 1 is 1.24 bits per heavy atom. The summed E-state index contributed by atoms with van der Waals surface area (Å²) in [5.41, 5.74) is 3.19. The van der Waals surface area contributed by atoms with Crippen LogP contribution in [-0.4, -0.2) is 29.8 Å². The third kappa shape index (κ3) is 3.63. The number of hydrogen-bond acceptors (Lipinski definition) is 2. The number of nitrogens with one attached hydrogen (secondary N) is 1. The van der Waals surface area contributed by atoms with Crippen molar-refractivity contribution < 1.29 is 9.59 Å². The van der Waals surface area contributed by atoms with E-state index in [2.05, 4.69) is 5.32 Å². The summed E-state index contributed by atoms with van der Waals surface area (Å²) in [7, 11) is 0. The minimum absolute atomic E-state index is 0.00539. The summed E-state index contributed by atoms with van der Waals surface area (Å²) < 4.78 is 0. The molecule has 0 spiro atoms. The molecule has 0 radical (unpaired) electrons. The molecule has 1 aromatic carbocycles. The normalized spacial score (nSPS) is 15.9. The largest absolute Gasteiger partial charge is 0.343 e. The van der Waals surface area contributed by atoms with Crippen LogP contribution in [0.3, 0.4) is 0 Å². The molecule has 21 heavy (non-hydrogen) atoms. The molecule has 4 heteroatoms. The van der Waals surface area contributed by atoms with Crippen LogP contribution >= 0.6 is 0 Å². The average molecular weight is 288 g/mol. The van der Waals surface area contributed by atoms with Crippen molar-refractivity contribution in [2.75, 3.05) is 18.4 Å². The van der Waals surface area contributed by atoms with E-state index in [0.717, 1.165) is 24.1 Å². The standard InChI is InChI=1S/C17H24N2O2/c1-4-16(20)19-10-8-14(9-11-19)17(21)18-15-7-5-6-12(2)13(15)3/h5-7,14H,4,8-11H2,1-3H3,(H,18,21). The zero-order chi connectivity index (χ0) is 15.4. The van der Waals surface area contributed by atoms with E-state index in [1.165, 1.54) is 5.56 Å². The number of piperidine rings is 1. The molecular formula is C17H24N2O2. The molecule has 0 saturated carbocycles. The third-order valence-corrected chi connectivity index (χ3v) is 4.38. The molecular weight excluding hydrogens is 264 g/mol. The summed E-state index contributed by atoms with van der Waals surface area (Å²) in [6, 6.07) is 5.94. The van der Waals surface area contributed by atoms with Gasteiger partial charge in [-0.25, -0.2) is 0 Å². The molecule has 1 aromatic rings. The number of nitrogens with zero attached hydrogens (tertiary/aromatic N) is 1. The minimum Gasteiger partial charge on any atom is -0.343 e. The van der Waals surface area contributed by atoms with Gasteiger partial charge in [-0.1, -0.05) is 19.1 Å². The Bertz CT molecular complexity index is 532. The molecule has 4 nitrogen and oxygen atoms in total. The zero-order valence-electron chi connectivity index (χ0n) is 13.1. The monoisotopic (exact) mass is 288 g/mol. The first-order valence-electron chi connectivity index (χ1n) is 7.67. The fourth-order valence-electron chi connectivity index (χ4n) is 2.74. The number of amides is 2. The van der Waals surface area contributed by atoms with Gasteiger partial charge >= 0.3 is 0 Å². The topological polar surface area (TPSA) is 49.4 Å². The van der Waals surface area contributed by atoms with Crippen LogP contribution < -0.4 is 5.32 Å². The van der Waals surface area contributed by atoms with Gasteiger partial charge < -0.3 is 10.2 Å². The van der Waals surface area contributed by atoms with Gasteiger partial charge in [-0.2, -0.15) is 0 Å². The number of aryl methyl sites for hydroxylation is 1. The second-order valence-electron chi connectivity index (χ2n) is 5.75. The summed E-state index contributed by atoms with van der Waals surface area (Å²) in [6.07, 6.45) is 2.05. The average Bonchev–Trinajstić information content (AvgIpc) is 2.51. The van der Waals surface area contributed by atoms with Crippen molar-refractivity contribution in [2.45, 2.75) is 40.0 Å². The number of anilines is 1. The molecule has 1 saturated heterocycles. The van der Waals surface area contributed by atoms with E-state index in [0.29, 0.717) is 19.5 Å². The highest BCUT2D eigenvalue weighted by atomic mass is 16.2. The van der Waals surface area contributed by atoms with Crippen LogP contribution in [0.5, 0.6) is 0 Å². The van der Waals surface area contributed by atoms with E-state index in [4.69, 9.17) is 0 Å². The van der Waals surface area contributed by atoms with E-state index in [1.54, 1.807) is 0 Å².